The smallest absolute Gasteiger partial charge is 0.175 e. The number of rotatable bonds is 5. The zero-order valence-corrected chi connectivity index (χ0v) is 16.2. The van der Waals surface area contributed by atoms with Gasteiger partial charge in [-0.05, 0) is 60.6 Å². The zero-order chi connectivity index (χ0) is 19.1. The summed E-state index contributed by atoms with van der Waals surface area (Å²) in [6, 6.07) is 10.5. The van der Waals surface area contributed by atoms with Crippen molar-refractivity contribution in [3.8, 4) is 0 Å². The minimum atomic E-state index is -3.28. The summed E-state index contributed by atoms with van der Waals surface area (Å²) in [5, 5.41) is 11.8. The molecule has 2 aromatic rings. The van der Waals surface area contributed by atoms with E-state index in [2.05, 4.69) is 9.98 Å². The molecular weight excluding hydrogens is 360 g/mol. The molecule has 0 amide bonds. The Labute approximate surface area is 160 Å². The lowest BCUT2D eigenvalue weighted by molar-refractivity contribution is 0.0328. The molecule has 1 aliphatic carbocycles. The molecule has 1 N–H and O–H groups in total. The lowest BCUT2D eigenvalue weighted by atomic mass is 9.73. The fourth-order valence-electron chi connectivity index (χ4n) is 3.85. The Morgan fingerprint density at radius 2 is 1.93 bits per heavy atom. The minimum absolute atomic E-state index is 0.252. The average molecular weight is 385 g/mol. The van der Waals surface area contributed by atoms with Crippen LogP contribution in [0.1, 0.15) is 48.9 Å². The van der Waals surface area contributed by atoms with Crippen LogP contribution < -0.4 is 0 Å². The molecule has 27 heavy (non-hydrogen) atoms. The molecule has 2 bridgehead atoms. The van der Waals surface area contributed by atoms with Gasteiger partial charge in [0, 0.05) is 12.5 Å². The van der Waals surface area contributed by atoms with E-state index in [0.717, 1.165) is 31.2 Å². The van der Waals surface area contributed by atoms with Crippen molar-refractivity contribution in [3.63, 3.8) is 0 Å². The molecule has 1 fully saturated rings. The average Bonchev–Trinajstić information content (AvgIpc) is 2.77. The van der Waals surface area contributed by atoms with E-state index >= 15 is 0 Å². The highest BCUT2D eigenvalue weighted by Crippen LogP contribution is 2.42. The Morgan fingerprint density at radius 1 is 1.19 bits per heavy atom. The third-order valence-electron chi connectivity index (χ3n) is 5.65. The van der Waals surface area contributed by atoms with Crippen LogP contribution >= 0.6 is 0 Å². The van der Waals surface area contributed by atoms with Gasteiger partial charge in [-0.15, -0.1) is 0 Å². The number of aryl methyl sites for hydroxylation is 1. The number of aromatic nitrogens is 1. The molecule has 0 radical (unpaired) electrons. The normalized spacial score (nSPS) is 19.2. The largest absolute Gasteiger partial charge is 0.379 e. The van der Waals surface area contributed by atoms with E-state index in [-0.39, 0.29) is 4.90 Å². The predicted molar refractivity (Wildman–Crippen MR) is 105 cm³/mol. The van der Waals surface area contributed by atoms with Crippen LogP contribution in [0, 0.1) is 5.92 Å². The fourth-order valence-corrected chi connectivity index (χ4v) is 4.48. The number of benzene rings is 1. The van der Waals surface area contributed by atoms with Crippen molar-refractivity contribution in [3.05, 3.63) is 53.2 Å². The number of fused-ring (bicyclic) bond motifs is 2. The number of pyridine rings is 1. The van der Waals surface area contributed by atoms with Crippen LogP contribution in [0.15, 0.2) is 46.3 Å². The van der Waals surface area contributed by atoms with Crippen LogP contribution in [-0.4, -0.2) is 31.0 Å². The van der Waals surface area contributed by atoms with Gasteiger partial charge in [0.05, 0.1) is 10.6 Å². The first-order valence-corrected chi connectivity index (χ1v) is 11.3. The molecule has 0 saturated heterocycles. The van der Waals surface area contributed by atoms with E-state index in [1.54, 1.807) is 24.3 Å². The van der Waals surface area contributed by atoms with Gasteiger partial charge in [-0.25, -0.2) is 18.4 Å². The summed E-state index contributed by atoms with van der Waals surface area (Å²) >= 11 is 0. The number of hydrogen-bond acceptors (Lipinski definition) is 5. The first kappa shape index (κ1) is 18.3. The summed E-state index contributed by atoms with van der Waals surface area (Å²) in [6.45, 7) is 0. The van der Waals surface area contributed by atoms with Crippen molar-refractivity contribution in [1.82, 2.24) is 4.98 Å². The first-order chi connectivity index (χ1) is 12.8. The molecule has 1 saturated carbocycles. The van der Waals surface area contributed by atoms with E-state index in [9.17, 15) is 13.5 Å². The highest BCUT2D eigenvalue weighted by Gasteiger charge is 2.38. The van der Waals surface area contributed by atoms with Crippen molar-refractivity contribution < 1.29 is 13.5 Å². The molecule has 4 rings (SSSR count). The van der Waals surface area contributed by atoms with Crippen molar-refractivity contribution in [2.75, 3.05) is 6.26 Å². The second kappa shape index (κ2) is 6.84. The van der Waals surface area contributed by atoms with Gasteiger partial charge >= 0.3 is 0 Å². The molecule has 1 aromatic carbocycles. The number of sulfone groups is 1. The summed E-state index contributed by atoms with van der Waals surface area (Å²) < 4.78 is 23.6. The van der Waals surface area contributed by atoms with E-state index in [4.69, 9.17) is 0 Å². The molecule has 5 nitrogen and oxygen atoms in total. The van der Waals surface area contributed by atoms with Crippen LogP contribution in [0.4, 0.5) is 5.82 Å². The number of nitrogens with zero attached hydrogens (tertiary/aromatic N) is 2. The standard InChI is InChI=1S/C21H24N2O3S/c1-27(25,26)18-9-7-17(8-10-18)21(24,14-15-4-2-5-15)19-12-16-6-3-11-22-20(13-16)23-19/h7-13,15,24H,2-6,14H2,1H3. The second-order valence-corrected chi connectivity index (χ2v) is 9.74. The molecule has 1 aliphatic heterocycles. The maximum Gasteiger partial charge on any atom is 0.175 e. The molecule has 0 spiro atoms. The number of hydrogen-bond donors (Lipinski definition) is 1. The predicted octanol–water partition coefficient (Wildman–Crippen LogP) is 3.56. The van der Waals surface area contributed by atoms with Gasteiger partial charge < -0.3 is 5.11 Å². The molecule has 2 aliphatic rings. The number of aliphatic imine (C=N–C) groups is 1. The summed E-state index contributed by atoms with van der Waals surface area (Å²) in [5.74, 6) is 1.08. The highest BCUT2D eigenvalue weighted by atomic mass is 32.2. The quantitative estimate of drug-likeness (QED) is 0.855. The van der Waals surface area contributed by atoms with Gasteiger partial charge in [-0.3, -0.25) is 0 Å². The lowest BCUT2D eigenvalue weighted by Gasteiger charge is -2.36. The fraction of sp³-hybridized carbons (Fsp3) is 0.429. The third kappa shape index (κ3) is 3.69. The first-order valence-electron chi connectivity index (χ1n) is 9.41. The van der Waals surface area contributed by atoms with E-state index < -0.39 is 15.4 Å². The highest BCUT2D eigenvalue weighted by molar-refractivity contribution is 7.90. The van der Waals surface area contributed by atoms with Crippen LogP contribution in [0.5, 0.6) is 0 Å². The van der Waals surface area contributed by atoms with Crippen molar-refractivity contribution in [2.45, 2.75) is 49.0 Å². The Kier molecular flexibility index (Phi) is 4.64. The van der Waals surface area contributed by atoms with Crippen LogP contribution in [0.3, 0.4) is 0 Å². The van der Waals surface area contributed by atoms with Crippen molar-refractivity contribution in [2.24, 2.45) is 10.9 Å². The lowest BCUT2D eigenvalue weighted by Crippen LogP contribution is -2.33. The number of aliphatic hydroxyl groups is 1. The maximum atomic E-state index is 11.8. The van der Waals surface area contributed by atoms with Gasteiger partial charge in [-0.2, -0.15) is 0 Å². The SMILES string of the molecule is CS(=O)(=O)c1ccc(C(O)(CC2CCC2)c2cc3cc(n2)N=CCC3)cc1. The summed E-state index contributed by atoms with van der Waals surface area (Å²) in [7, 11) is -3.28. The Morgan fingerprint density at radius 3 is 2.56 bits per heavy atom. The van der Waals surface area contributed by atoms with Crippen LogP contribution in [0.25, 0.3) is 0 Å². The second-order valence-electron chi connectivity index (χ2n) is 7.73. The molecular formula is C21H24N2O3S. The molecule has 6 heteroatoms. The van der Waals surface area contributed by atoms with Gasteiger partial charge in [0.2, 0.25) is 0 Å². The van der Waals surface area contributed by atoms with Crippen molar-refractivity contribution in [1.29, 1.82) is 0 Å². The third-order valence-corrected chi connectivity index (χ3v) is 6.78. The molecule has 2 heterocycles. The van der Waals surface area contributed by atoms with Gasteiger partial charge in [-0.1, -0.05) is 31.4 Å². The van der Waals surface area contributed by atoms with Crippen LogP contribution in [0.2, 0.25) is 0 Å². The Bertz CT molecular complexity index is 979. The topological polar surface area (TPSA) is 79.6 Å². The Hall–Kier alpha value is -2.05. The van der Waals surface area contributed by atoms with E-state index in [1.165, 1.54) is 12.7 Å². The van der Waals surface area contributed by atoms with E-state index in [1.807, 2.05) is 18.3 Å². The van der Waals surface area contributed by atoms with Gasteiger partial charge in [0.25, 0.3) is 0 Å². The van der Waals surface area contributed by atoms with Gasteiger partial charge in [0.15, 0.2) is 15.7 Å². The summed E-state index contributed by atoms with van der Waals surface area (Å²) in [5.41, 5.74) is 1.16. The molecule has 1 aromatic heterocycles. The van der Waals surface area contributed by atoms with Crippen LogP contribution in [-0.2, 0) is 21.9 Å². The monoisotopic (exact) mass is 384 g/mol. The Balaban J connectivity index is 1.79. The summed E-state index contributed by atoms with van der Waals surface area (Å²) in [4.78, 5) is 9.26. The maximum absolute atomic E-state index is 11.8. The summed E-state index contributed by atoms with van der Waals surface area (Å²) in [6.07, 6.45) is 8.78. The molecule has 142 valence electrons. The van der Waals surface area contributed by atoms with E-state index in [0.29, 0.717) is 29.4 Å². The van der Waals surface area contributed by atoms with Gasteiger partial charge in [0.1, 0.15) is 5.60 Å². The van der Waals surface area contributed by atoms with Crippen molar-refractivity contribution >= 4 is 21.9 Å². The minimum Gasteiger partial charge on any atom is -0.379 e. The molecule has 1 atom stereocenters. The zero-order valence-electron chi connectivity index (χ0n) is 15.4. The molecule has 1 unspecified atom stereocenters.